The molecule has 1 aromatic heterocycles. The highest BCUT2D eigenvalue weighted by atomic mass is 32.2. The fourth-order valence-electron chi connectivity index (χ4n) is 0.972. The minimum absolute atomic E-state index is 0.0348. The lowest BCUT2D eigenvalue weighted by Crippen LogP contribution is -2.16. The number of nitrogens with one attached hydrogen (secondary N) is 1. The minimum atomic E-state index is -4.71. The molecule has 0 bridgehead atoms. The van der Waals surface area contributed by atoms with Gasteiger partial charge in [0.2, 0.25) is 0 Å². The van der Waals surface area contributed by atoms with Crippen LogP contribution in [0.25, 0.3) is 0 Å². The second kappa shape index (κ2) is 5.98. The summed E-state index contributed by atoms with van der Waals surface area (Å²) in [6.07, 6.45) is -5.97. The first-order chi connectivity index (χ1) is 8.29. The Bertz CT molecular complexity index is 492. The van der Waals surface area contributed by atoms with Crippen molar-refractivity contribution in [2.24, 2.45) is 0 Å². The summed E-state index contributed by atoms with van der Waals surface area (Å²) in [7, 11) is 0. The van der Waals surface area contributed by atoms with Gasteiger partial charge < -0.3 is 4.98 Å². The van der Waals surface area contributed by atoms with E-state index in [1.54, 1.807) is 0 Å². The second-order valence-electron chi connectivity index (χ2n) is 3.06. The van der Waals surface area contributed by atoms with Crippen LogP contribution in [-0.4, -0.2) is 15.7 Å². The van der Waals surface area contributed by atoms with Gasteiger partial charge in [-0.3, -0.25) is 4.79 Å². The quantitative estimate of drug-likeness (QED) is 0.400. The molecule has 0 aliphatic rings. The highest BCUT2D eigenvalue weighted by molar-refractivity contribution is 7.99. The van der Waals surface area contributed by atoms with E-state index in [0.29, 0.717) is 12.1 Å². The number of alkyl halides is 3. The van der Waals surface area contributed by atoms with Crippen LogP contribution in [0.1, 0.15) is 12.1 Å². The first-order valence-corrected chi connectivity index (χ1v) is 5.60. The average molecular weight is 286 g/mol. The molecule has 0 fully saturated rings. The van der Waals surface area contributed by atoms with Crippen LogP contribution in [0.2, 0.25) is 0 Å². The molecular weight excluding hydrogens is 279 g/mol. The standard InChI is InChI=1S/C9H7F5N2OS/c10-6(11)2-1-3-18-8-15-5(9(12,13)14)4-7(17)16-8/h2,4H,1,3H2,(H,15,16,17). The van der Waals surface area contributed by atoms with Crippen LogP contribution in [0.3, 0.4) is 0 Å². The molecule has 0 spiro atoms. The summed E-state index contributed by atoms with van der Waals surface area (Å²) in [6.45, 7) is 0. The van der Waals surface area contributed by atoms with Gasteiger partial charge in [0.25, 0.3) is 11.6 Å². The SMILES string of the molecule is O=c1cc(C(F)(F)F)nc(SCCC=C(F)F)[nH]1. The van der Waals surface area contributed by atoms with E-state index in [9.17, 15) is 26.7 Å². The predicted molar refractivity (Wildman–Crippen MR) is 55.5 cm³/mol. The number of nitrogens with zero attached hydrogens (tertiary/aromatic N) is 1. The summed E-state index contributed by atoms with van der Waals surface area (Å²) in [6, 6.07) is 0.338. The molecule has 1 aromatic rings. The van der Waals surface area contributed by atoms with E-state index in [1.165, 1.54) is 0 Å². The number of H-pyrrole nitrogens is 1. The van der Waals surface area contributed by atoms with E-state index in [1.807, 2.05) is 0 Å². The van der Waals surface area contributed by atoms with Crippen LogP contribution in [0.4, 0.5) is 22.0 Å². The number of aromatic amines is 1. The molecule has 18 heavy (non-hydrogen) atoms. The summed E-state index contributed by atoms with van der Waals surface area (Å²) in [5, 5.41) is -0.248. The first-order valence-electron chi connectivity index (χ1n) is 4.61. The maximum absolute atomic E-state index is 12.3. The predicted octanol–water partition coefficient (Wildman–Crippen LogP) is 3.05. The third kappa shape index (κ3) is 4.86. The lowest BCUT2D eigenvalue weighted by atomic mass is 10.4. The zero-order chi connectivity index (χ0) is 13.8. The maximum Gasteiger partial charge on any atom is 0.433 e. The van der Waals surface area contributed by atoms with Gasteiger partial charge >= 0.3 is 6.18 Å². The van der Waals surface area contributed by atoms with E-state index >= 15 is 0 Å². The number of hydrogen-bond acceptors (Lipinski definition) is 3. The van der Waals surface area contributed by atoms with Crippen molar-refractivity contribution < 1.29 is 22.0 Å². The molecule has 1 rings (SSSR count). The van der Waals surface area contributed by atoms with Gasteiger partial charge in [0.15, 0.2) is 10.9 Å². The van der Waals surface area contributed by atoms with E-state index in [2.05, 4.69) is 9.97 Å². The topological polar surface area (TPSA) is 45.8 Å². The van der Waals surface area contributed by atoms with Gasteiger partial charge in [-0.25, -0.2) is 4.98 Å². The monoisotopic (exact) mass is 286 g/mol. The molecule has 0 aliphatic heterocycles. The Balaban J connectivity index is 2.75. The highest BCUT2D eigenvalue weighted by Gasteiger charge is 2.33. The van der Waals surface area contributed by atoms with Crippen molar-refractivity contribution in [3.05, 3.63) is 34.3 Å². The van der Waals surface area contributed by atoms with E-state index in [-0.39, 0.29) is 17.3 Å². The minimum Gasteiger partial charge on any atom is -0.301 e. The number of rotatable bonds is 4. The molecule has 0 aliphatic carbocycles. The van der Waals surface area contributed by atoms with Crippen molar-refractivity contribution in [3.63, 3.8) is 0 Å². The van der Waals surface area contributed by atoms with Crippen LogP contribution in [-0.2, 0) is 6.18 Å². The van der Waals surface area contributed by atoms with Crippen LogP contribution in [0.5, 0.6) is 0 Å². The third-order valence-electron chi connectivity index (χ3n) is 1.67. The van der Waals surface area contributed by atoms with Crippen molar-refractivity contribution in [2.45, 2.75) is 17.8 Å². The summed E-state index contributed by atoms with van der Waals surface area (Å²) >= 11 is 0.762. The van der Waals surface area contributed by atoms with E-state index in [0.717, 1.165) is 11.8 Å². The lowest BCUT2D eigenvalue weighted by molar-refractivity contribution is -0.141. The van der Waals surface area contributed by atoms with Crippen molar-refractivity contribution in [3.8, 4) is 0 Å². The summed E-state index contributed by atoms with van der Waals surface area (Å²) < 4.78 is 60.3. The molecule has 0 radical (unpaired) electrons. The molecule has 0 saturated heterocycles. The Morgan fingerprint density at radius 3 is 2.67 bits per heavy atom. The van der Waals surface area contributed by atoms with Crippen LogP contribution < -0.4 is 5.56 Å². The zero-order valence-corrected chi connectivity index (χ0v) is 9.54. The number of halogens is 5. The molecule has 3 nitrogen and oxygen atoms in total. The first kappa shape index (κ1) is 14.7. The number of thioether (sulfide) groups is 1. The number of allylic oxidation sites excluding steroid dienone is 1. The molecule has 1 heterocycles. The molecule has 0 atom stereocenters. The van der Waals surface area contributed by atoms with Gasteiger partial charge in [0.05, 0.1) is 0 Å². The van der Waals surface area contributed by atoms with Crippen molar-refractivity contribution in [1.29, 1.82) is 0 Å². The Hall–Kier alpha value is -1.38. The van der Waals surface area contributed by atoms with Crippen LogP contribution in [0, 0.1) is 0 Å². The molecule has 0 unspecified atom stereocenters. The summed E-state index contributed by atoms with van der Waals surface area (Å²) in [5.74, 6) is 0.0849. The van der Waals surface area contributed by atoms with Crippen LogP contribution >= 0.6 is 11.8 Å². The third-order valence-corrected chi connectivity index (χ3v) is 2.57. The maximum atomic E-state index is 12.3. The second-order valence-corrected chi connectivity index (χ2v) is 4.15. The lowest BCUT2D eigenvalue weighted by Gasteiger charge is -2.06. The van der Waals surface area contributed by atoms with Gasteiger partial charge in [-0.1, -0.05) is 11.8 Å². The summed E-state index contributed by atoms with van der Waals surface area (Å²) in [5.41, 5.74) is -2.24. The Morgan fingerprint density at radius 1 is 1.44 bits per heavy atom. The van der Waals surface area contributed by atoms with Crippen molar-refractivity contribution in [1.82, 2.24) is 9.97 Å². The van der Waals surface area contributed by atoms with Gasteiger partial charge in [-0.2, -0.15) is 22.0 Å². The highest BCUT2D eigenvalue weighted by Crippen LogP contribution is 2.27. The molecule has 9 heteroatoms. The Kier molecular flexibility index (Phi) is 4.88. The van der Waals surface area contributed by atoms with Gasteiger partial charge in [-0.15, -0.1) is 0 Å². The fraction of sp³-hybridized carbons (Fsp3) is 0.333. The van der Waals surface area contributed by atoms with Crippen molar-refractivity contribution >= 4 is 11.8 Å². The molecule has 100 valence electrons. The zero-order valence-electron chi connectivity index (χ0n) is 8.72. The number of hydrogen-bond donors (Lipinski definition) is 1. The Morgan fingerprint density at radius 2 is 2.11 bits per heavy atom. The van der Waals surface area contributed by atoms with Gasteiger partial charge in [0.1, 0.15) is 0 Å². The largest absolute Gasteiger partial charge is 0.433 e. The van der Waals surface area contributed by atoms with E-state index in [4.69, 9.17) is 0 Å². The normalized spacial score (nSPS) is 11.4. The summed E-state index contributed by atoms with van der Waals surface area (Å²) in [4.78, 5) is 16.2. The van der Waals surface area contributed by atoms with Crippen LogP contribution in [0.15, 0.2) is 28.2 Å². The molecule has 0 saturated carbocycles. The Labute approximate surface area is 102 Å². The molecule has 1 N–H and O–H groups in total. The smallest absolute Gasteiger partial charge is 0.301 e. The molecule has 0 aromatic carbocycles. The van der Waals surface area contributed by atoms with Gasteiger partial charge in [0, 0.05) is 11.8 Å². The molecule has 0 amide bonds. The number of aromatic nitrogens is 2. The molecular formula is C9H7F5N2OS. The fourth-order valence-corrected chi connectivity index (χ4v) is 1.74. The van der Waals surface area contributed by atoms with E-state index < -0.39 is 23.5 Å². The van der Waals surface area contributed by atoms with Gasteiger partial charge in [-0.05, 0) is 12.5 Å². The van der Waals surface area contributed by atoms with Crippen molar-refractivity contribution in [2.75, 3.05) is 5.75 Å². The average Bonchev–Trinajstić information content (AvgIpc) is 2.22.